The highest BCUT2D eigenvalue weighted by Crippen LogP contribution is 2.67. The Morgan fingerprint density at radius 1 is 1.07 bits per heavy atom. The molecule has 0 saturated heterocycles. The Bertz CT molecular complexity index is 644. The molecule has 172 valence electrons. The summed E-state index contributed by atoms with van der Waals surface area (Å²) < 4.78 is 0. The van der Waals surface area contributed by atoms with Crippen molar-refractivity contribution in [1.29, 1.82) is 0 Å². The fourth-order valence-electron chi connectivity index (χ4n) is 8.78. The average Bonchev–Trinajstić information content (AvgIpc) is 2.98. The summed E-state index contributed by atoms with van der Waals surface area (Å²) in [5.74, 6) is 3.43. The first-order chi connectivity index (χ1) is 14.2. The van der Waals surface area contributed by atoms with Gasteiger partial charge in [-0.25, -0.2) is 0 Å². The van der Waals surface area contributed by atoms with Gasteiger partial charge >= 0.3 is 0 Å². The van der Waals surface area contributed by atoms with Crippen LogP contribution < -0.4 is 0 Å². The Hall–Kier alpha value is -0.380. The molecule has 3 heteroatoms. The van der Waals surface area contributed by atoms with Gasteiger partial charge in [-0.3, -0.25) is 0 Å². The maximum absolute atomic E-state index is 11.2. The molecule has 4 aliphatic carbocycles. The number of hydrogen-bond donors (Lipinski definition) is 3. The first kappa shape index (κ1) is 22.8. The minimum absolute atomic E-state index is 0.137. The van der Waals surface area contributed by atoms with Crippen molar-refractivity contribution in [3.63, 3.8) is 0 Å². The molecule has 3 nitrogen and oxygen atoms in total. The van der Waals surface area contributed by atoms with Crippen LogP contribution in [-0.2, 0) is 0 Å². The lowest BCUT2D eigenvalue weighted by Crippen LogP contribution is -2.51. The molecular formula is C27H46O3. The molecule has 0 radical (unpaired) electrons. The zero-order valence-corrected chi connectivity index (χ0v) is 19.8. The van der Waals surface area contributed by atoms with Gasteiger partial charge in [-0.2, -0.15) is 0 Å². The highest BCUT2D eigenvalue weighted by Gasteiger charge is 2.61. The van der Waals surface area contributed by atoms with Gasteiger partial charge in [-0.1, -0.05) is 52.2 Å². The van der Waals surface area contributed by atoms with Crippen LogP contribution in [0.2, 0.25) is 0 Å². The molecule has 0 bridgehead atoms. The van der Waals surface area contributed by atoms with Gasteiger partial charge in [0.25, 0.3) is 0 Å². The largest absolute Gasteiger partial charge is 0.396 e. The molecule has 0 aromatic rings. The van der Waals surface area contributed by atoms with Crippen molar-refractivity contribution in [2.45, 2.75) is 104 Å². The summed E-state index contributed by atoms with van der Waals surface area (Å²) in [5, 5.41) is 30.8. The Labute approximate surface area is 184 Å². The minimum atomic E-state index is -0.157. The third-order valence-corrected chi connectivity index (χ3v) is 10.5. The normalized spacial score (nSPS) is 47.6. The smallest absolute Gasteiger partial charge is 0.0579 e. The third-order valence-electron chi connectivity index (χ3n) is 10.5. The van der Waals surface area contributed by atoms with E-state index >= 15 is 0 Å². The number of aliphatic hydroxyl groups excluding tert-OH is 3. The second kappa shape index (κ2) is 8.52. The van der Waals surface area contributed by atoms with Gasteiger partial charge in [0.05, 0.1) is 12.2 Å². The summed E-state index contributed by atoms with van der Waals surface area (Å²) >= 11 is 0. The van der Waals surface area contributed by atoms with Crippen LogP contribution in [-0.4, -0.2) is 34.1 Å². The number of allylic oxidation sites excluding steroid dienone is 1. The van der Waals surface area contributed by atoms with Crippen LogP contribution in [0.15, 0.2) is 11.6 Å². The van der Waals surface area contributed by atoms with Crippen LogP contribution in [0.25, 0.3) is 0 Å². The van der Waals surface area contributed by atoms with Crippen LogP contribution in [0.1, 0.15) is 91.9 Å². The molecule has 10 atom stereocenters. The van der Waals surface area contributed by atoms with Gasteiger partial charge in [-0.15, -0.1) is 0 Å². The fourth-order valence-corrected chi connectivity index (χ4v) is 8.78. The zero-order valence-electron chi connectivity index (χ0n) is 19.8. The van der Waals surface area contributed by atoms with Crippen molar-refractivity contribution >= 4 is 0 Å². The van der Waals surface area contributed by atoms with E-state index in [1.54, 1.807) is 0 Å². The molecule has 4 aliphatic rings. The quantitative estimate of drug-likeness (QED) is 0.511. The van der Waals surface area contributed by atoms with Crippen molar-refractivity contribution in [3.05, 3.63) is 11.6 Å². The molecule has 3 fully saturated rings. The van der Waals surface area contributed by atoms with E-state index in [4.69, 9.17) is 0 Å². The van der Waals surface area contributed by atoms with Gasteiger partial charge < -0.3 is 15.3 Å². The molecule has 30 heavy (non-hydrogen) atoms. The van der Waals surface area contributed by atoms with Crippen molar-refractivity contribution < 1.29 is 15.3 Å². The average molecular weight is 419 g/mol. The molecule has 0 aromatic carbocycles. The van der Waals surface area contributed by atoms with Gasteiger partial charge in [0.1, 0.15) is 0 Å². The zero-order chi connectivity index (χ0) is 21.7. The van der Waals surface area contributed by atoms with E-state index < -0.39 is 0 Å². The standard InChI is InChI=1S/C27H46O3/c1-17(16-28)6-5-7-18(2)25-24(30)15-23-21-9-8-19-14-20(29)10-12-26(19,3)22(21)11-13-27(23,25)4/h8,17-18,20-25,28-30H,5-7,9-16H2,1-4H3/t17?,18-,20+,21-,22+,23+,24+,25+,26+,27+/m1/s1. The molecule has 0 aliphatic heterocycles. The van der Waals surface area contributed by atoms with Gasteiger partial charge in [0.2, 0.25) is 0 Å². The first-order valence-corrected chi connectivity index (χ1v) is 12.9. The van der Waals surface area contributed by atoms with Gasteiger partial charge in [0, 0.05) is 6.61 Å². The lowest BCUT2D eigenvalue weighted by atomic mass is 9.47. The Morgan fingerprint density at radius 2 is 1.83 bits per heavy atom. The van der Waals surface area contributed by atoms with Crippen LogP contribution in [0.4, 0.5) is 0 Å². The molecule has 0 heterocycles. The van der Waals surface area contributed by atoms with Crippen LogP contribution >= 0.6 is 0 Å². The van der Waals surface area contributed by atoms with Crippen molar-refractivity contribution in [2.75, 3.05) is 6.61 Å². The van der Waals surface area contributed by atoms with Crippen molar-refractivity contribution in [2.24, 2.45) is 46.3 Å². The number of rotatable bonds is 6. The molecule has 0 amide bonds. The SMILES string of the molecule is CC(CO)CCC[C@@H](C)[C@H]1[C@@H](O)C[C@H]2[C@@H]3CC=C4C[C@@H](O)CC[C@]4(C)[C@H]3CC[C@]12C. The van der Waals surface area contributed by atoms with Crippen LogP contribution in [0.5, 0.6) is 0 Å². The van der Waals surface area contributed by atoms with Crippen molar-refractivity contribution in [1.82, 2.24) is 0 Å². The summed E-state index contributed by atoms with van der Waals surface area (Å²) in [7, 11) is 0. The molecule has 3 saturated carbocycles. The fraction of sp³-hybridized carbons (Fsp3) is 0.926. The molecule has 1 unspecified atom stereocenters. The monoisotopic (exact) mass is 418 g/mol. The maximum atomic E-state index is 11.2. The van der Waals surface area contributed by atoms with Gasteiger partial charge in [0.15, 0.2) is 0 Å². The van der Waals surface area contributed by atoms with Crippen LogP contribution in [0, 0.1) is 46.3 Å². The van der Waals surface area contributed by atoms with E-state index in [0.717, 1.165) is 50.9 Å². The molecule has 0 aromatic heterocycles. The van der Waals surface area contributed by atoms with E-state index in [9.17, 15) is 15.3 Å². The molecule has 0 spiro atoms. The minimum Gasteiger partial charge on any atom is -0.396 e. The highest BCUT2D eigenvalue weighted by atomic mass is 16.3. The second-order valence-electron chi connectivity index (χ2n) is 12.2. The summed E-state index contributed by atoms with van der Waals surface area (Å²) in [6.07, 6.45) is 13.3. The molecular weight excluding hydrogens is 372 g/mol. The number of hydrogen-bond acceptors (Lipinski definition) is 3. The topological polar surface area (TPSA) is 60.7 Å². The third kappa shape index (κ3) is 3.71. The highest BCUT2D eigenvalue weighted by molar-refractivity contribution is 5.25. The summed E-state index contributed by atoms with van der Waals surface area (Å²) in [6.45, 7) is 9.78. The summed E-state index contributed by atoms with van der Waals surface area (Å²) in [4.78, 5) is 0. The maximum Gasteiger partial charge on any atom is 0.0579 e. The van der Waals surface area contributed by atoms with E-state index in [1.165, 1.54) is 24.8 Å². The Kier molecular flexibility index (Phi) is 6.48. The summed E-state index contributed by atoms with van der Waals surface area (Å²) in [6, 6.07) is 0. The first-order valence-electron chi connectivity index (χ1n) is 12.9. The molecule has 3 N–H and O–H groups in total. The van der Waals surface area contributed by atoms with Crippen molar-refractivity contribution in [3.8, 4) is 0 Å². The Morgan fingerprint density at radius 3 is 2.57 bits per heavy atom. The predicted molar refractivity (Wildman–Crippen MR) is 122 cm³/mol. The number of aliphatic hydroxyl groups is 3. The molecule has 4 rings (SSSR count). The van der Waals surface area contributed by atoms with E-state index in [-0.39, 0.29) is 29.6 Å². The predicted octanol–water partition coefficient (Wildman–Crippen LogP) is 5.33. The number of fused-ring (bicyclic) bond motifs is 5. The van der Waals surface area contributed by atoms with E-state index in [1.807, 2.05) is 0 Å². The second-order valence-corrected chi connectivity index (χ2v) is 12.2. The van der Waals surface area contributed by atoms with Gasteiger partial charge in [-0.05, 0) is 97.7 Å². The summed E-state index contributed by atoms with van der Waals surface area (Å²) in [5.41, 5.74) is 2.07. The lowest BCUT2D eigenvalue weighted by molar-refractivity contribution is -0.0620. The lowest BCUT2D eigenvalue weighted by Gasteiger charge is -2.58. The van der Waals surface area contributed by atoms with Crippen LogP contribution in [0.3, 0.4) is 0 Å². The van der Waals surface area contributed by atoms with E-state index in [0.29, 0.717) is 29.6 Å². The Balaban J connectivity index is 1.50. The van der Waals surface area contributed by atoms with E-state index in [2.05, 4.69) is 33.8 Å².